The van der Waals surface area contributed by atoms with E-state index in [2.05, 4.69) is 41.5 Å². The van der Waals surface area contributed by atoms with E-state index in [1.54, 1.807) is 61.5 Å². The number of rotatable bonds is 24. The largest absolute Gasteiger partial charge is 0.495 e. The van der Waals surface area contributed by atoms with Crippen LogP contribution in [0, 0.1) is 18.8 Å². The minimum absolute atomic E-state index is 0.146. The first kappa shape index (κ1) is 52.6. The van der Waals surface area contributed by atoms with Crippen molar-refractivity contribution in [3.63, 3.8) is 0 Å². The van der Waals surface area contributed by atoms with E-state index in [1.165, 1.54) is 36.8 Å². The van der Waals surface area contributed by atoms with Crippen molar-refractivity contribution in [2.24, 2.45) is 11.8 Å². The molecule has 2 saturated carbocycles. The topological polar surface area (TPSA) is 180 Å². The third-order valence-corrected chi connectivity index (χ3v) is 16.5. The molecule has 5 N–H and O–H groups in total. The van der Waals surface area contributed by atoms with E-state index in [1.807, 2.05) is 50.5 Å². The lowest BCUT2D eigenvalue weighted by Gasteiger charge is -2.38. The third-order valence-electron chi connectivity index (χ3n) is 13.6. The molecule has 4 aromatic rings. The summed E-state index contributed by atoms with van der Waals surface area (Å²) in [6, 6.07) is 12.2. The normalized spacial score (nSPS) is 17.8. The Balaban J connectivity index is 0.800. The van der Waals surface area contributed by atoms with E-state index in [9.17, 15) is 19.2 Å². The highest BCUT2D eigenvalue weighted by Crippen LogP contribution is 2.42. The zero-order valence-corrected chi connectivity index (χ0v) is 43.3. The Morgan fingerprint density at radius 3 is 2.40 bits per heavy atom. The number of amides is 4. The van der Waals surface area contributed by atoms with Gasteiger partial charge in [0.15, 0.2) is 5.67 Å². The van der Waals surface area contributed by atoms with Crippen molar-refractivity contribution in [3.05, 3.63) is 87.8 Å². The molecule has 14 nitrogen and oxygen atoms in total. The van der Waals surface area contributed by atoms with Gasteiger partial charge in [-0.2, -0.15) is 16.7 Å². The SMILES string of the molecule is CNc1nc(Nc2ccc(C(=O)NCCCCCCCC3CCC(CSC(C)(C)[C@H](NC(=O)C4(F)CC4)C(=O)N4CCC=C4C(=O)NCc4ccc(-c5scnc5C)cc4)CC3)cc2OC)ncc1Cl. The van der Waals surface area contributed by atoms with Gasteiger partial charge in [0.2, 0.25) is 5.95 Å². The first-order valence-electron chi connectivity index (χ1n) is 24.5. The van der Waals surface area contributed by atoms with Crippen molar-refractivity contribution in [2.45, 2.75) is 127 Å². The molecule has 2 aliphatic carbocycles. The molecule has 1 aliphatic heterocycles. The van der Waals surface area contributed by atoms with Crippen LogP contribution in [0.3, 0.4) is 0 Å². The van der Waals surface area contributed by atoms with E-state index in [0.717, 1.165) is 66.0 Å². The number of carbonyl (C=O) groups excluding carboxylic acids is 4. The Morgan fingerprint density at radius 1 is 0.971 bits per heavy atom. The summed E-state index contributed by atoms with van der Waals surface area (Å²) in [5, 5.41) is 15.3. The van der Waals surface area contributed by atoms with Crippen molar-refractivity contribution in [1.29, 1.82) is 0 Å². The number of hydrogen-bond acceptors (Lipinski definition) is 12. The van der Waals surface area contributed by atoms with Crippen LogP contribution in [0.25, 0.3) is 10.4 Å². The van der Waals surface area contributed by atoms with Gasteiger partial charge in [-0.1, -0.05) is 86.9 Å². The monoisotopic (exact) mass is 1020 g/mol. The number of anilines is 3. The summed E-state index contributed by atoms with van der Waals surface area (Å²) in [5.41, 5.74) is 4.23. The van der Waals surface area contributed by atoms with Crippen LogP contribution in [-0.2, 0) is 20.9 Å². The van der Waals surface area contributed by atoms with Gasteiger partial charge in [-0.3, -0.25) is 19.2 Å². The van der Waals surface area contributed by atoms with Gasteiger partial charge in [0.1, 0.15) is 28.3 Å². The van der Waals surface area contributed by atoms with Crippen LogP contribution in [0.5, 0.6) is 5.75 Å². The predicted molar refractivity (Wildman–Crippen MR) is 278 cm³/mol. The van der Waals surface area contributed by atoms with Crippen molar-refractivity contribution in [3.8, 4) is 16.2 Å². The molecule has 3 aliphatic rings. The lowest BCUT2D eigenvalue weighted by Crippen LogP contribution is -2.59. The van der Waals surface area contributed by atoms with Gasteiger partial charge in [-0.05, 0) is 106 Å². The first-order valence-corrected chi connectivity index (χ1v) is 26.8. The molecule has 376 valence electrons. The van der Waals surface area contributed by atoms with Crippen LogP contribution in [0.4, 0.5) is 21.8 Å². The van der Waals surface area contributed by atoms with Gasteiger partial charge >= 0.3 is 0 Å². The smallest absolute Gasteiger partial charge is 0.267 e. The number of methoxy groups -OCH3 is 1. The van der Waals surface area contributed by atoms with Crippen molar-refractivity contribution in [2.75, 3.05) is 43.6 Å². The number of unbranched alkanes of at least 4 members (excludes halogenated alkanes) is 4. The fourth-order valence-electron chi connectivity index (χ4n) is 9.07. The first-order chi connectivity index (χ1) is 33.7. The molecule has 4 amide bonds. The molecular formula is C52H67ClFN9O5S2. The summed E-state index contributed by atoms with van der Waals surface area (Å²) < 4.78 is 19.9. The number of alkyl halides is 1. The van der Waals surface area contributed by atoms with Gasteiger partial charge in [0.05, 0.1) is 35.1 Å². The van der Waals surface area contributed by atoms with E-state index in [-0.39, 0.29) is 42.8 Å². The van der Waals surface area contributed by atoms with Crippen LogP contribution < -0.4 is 31.3 Å². The van der Waals surface area contributed by atoms with Crippen molar-refractivity contribution < 1.29 is 28.3 Å². The molecule has 0 saturated heterocycles. The Hall–Kier alpha value is -5.26. The number of halogens is 2. The lowest BCUT2D eigenvalue weighted by molar-refractivity contribution is -0.138. The van der Waals surface area contributed by atoms with Crippen molar-refractivity contribution >= 4 is 75.8 Å². The highest BCUT2D eigenvalue weighted by Gasteiger charge is 2.53. The molecule has 18 heteroatoms. The van der Waals surface area contributed by atoms with Crippen LogP contribution in [0.1, 0.15) is 119 Å². The fourth-order valence-corrected chi connectivity index (χ4v) is 11.4. The zero-order valence-electron chi connectivity index (χ0n) is 40.9. The Bertz CT molecular complexity index is 2490. The summed E-state index contributed by atoms with van der Waals surface area (Å²) in [4.78, 5) is 69.6. The van der Waals surface area contributed by atoms with Crippen LogP contribution in [0.2, 0.25) is 5.02 Å². The fraction of sp³-hybridized carbons (Fsp3) is 0.519. The van der Waals surface area contributed by atoms with E-state index < -0.39 is 22.4 Å². The van der Waals surface area contributed by atoms with Crippen LogP contribution in [0.15, 0.2) is 65.9 Å². The summed E-state index contributed by atoms with van der Waals surface area (Å²) in [5.74, 6) is 1.68. The van der Waals surface area contributed by atoms with Crippen LogP contribution in [-0.4, -0.2) is 92.9 Å². The number of nitrogens with one attached hydrogen (secondary N) is 5. The maximum atomic E-state index is 15.1. The van der Waals surface area contributed by atoms with E-state index in [4.69, 9.17) is 16.3 Å². The number of benzene rings is 2. The number of aryl methyl sites for hydroxylation is 1. The predicted octanol–water partition coefficient (Wildman–Crippen LogP) is 10.2. The Kier molecular flexibility index (Phi) is 18.2. The number of hydrogen-bond donors (Lipinski definition) is 5. The molecule has 0 radical (unpaired) electrons. The number of thioether (sulfide) groups is 1. The molecule has 2 aromatic carbocycles. The molecule has 7 rings (SSSR count). The molecule has 0 unspecified atom stereocenters. The second-order valence-electron chi connectivity index (χ2n) is 19.2. The van der Waals surface area contributed by atoms with E-state index >= 15 is 4.39 Å². The molecule has 70 heavy (non-hydrogen) atoms. The summed E-state index contributed by atoms with van der Waals surface area (Å²) >= 11 is 9.35. The third kappa shape index (κ3) is 13.8. The quantitative estimate of drug-likeness (QED) is 0.0422. The average molecular weight is 1020 g/mol. The van der Waals surface area contributed by atoms with Gasteiger partial charge in [0.25, 0.3) is 23.6 Å². The van der Waals surface area contributed by atoms with Gasteiger partial charge in [-0.25, -0.2) is 14.4 Å². The second-order valence-corrected chi connectivity index (χ2v) is 22.1. The number of aromatic nitrogens is 3. The summed E-state index contributed by atoms with van der Waals surface area (Å²) in [7, 11) is 3.27. The molecule has 0 bridgehead atoms. The minimum Gasteiger partial charge on any atom is -0.495 e. The van der Waals surface area contributed by atoms with Crippen molar-refractivity contribution in [1.82, 2.24) is 35.8 Å². The highest BCUT2D eigenvalue weighted by atomic mass is 35.5. The average Bonchev–Trinajstić information content (AvgIpc) is 3.69. The number of nitrogens with zero attached hydrogens (tertiary/aromatic N) is 4. The van der Waals surface area contributed by atoms with Gasteiger partial charge < -0.3 is 36.2 Å². The van der Waals surface area contributed by atoms with E-state index in [0.29, 0.717) is 65.1 Å². The van der Waals surface area contributed by atoms with Gasteiger partial charge in [-0.15, -0.1) is 11.3 Å². The molecule has 2 aromatic heterocycles. The number of thiazole rings is 1. The molecule has 0 spiro atoms. The summed E-state index contributed by atoms with van der Waals surface area (Å²) in [6.07, 6.45) is 15.3. The Labute approximate surface area is 424 Å². The Morgan fingerprint density at radius 2 is 1.70 bits per heavy atom. The minimum atomic E-state index is -1.94. The van der Waals surface area contributed by atoms with Gasteiger partial charge in [0, 0.05) is 37.0 Å². The van der Waals surface area contributed by atoms with Crippen LogP contribution >= 0.6 is 34.7 Å². The molecular weight excluding hydrogens is 949 g/mol. The number of ether oxygens (including phenoxy) is 1. The number of carbonyl (C=O) groups is 4. The zero-order chi connectivity index (χ0) is 49.8. The maximum Gasteiger partial charge on any atom is 0.267 e. The highest BCUT2D eigenvalue weighted by molar-refractivity contribution is 8.00. The second kappa shape index (κ2) is 24.2. The standard InChI is InChI=1S/C52H67ClFN9O5S2/c1-33-43(69-32-59-33)37-20-18-35(19-21-37)29-57-47(65)41-13-11-27-63(41)48(66)44(61-49(67)52(54)24-25-52)51(2,3)70-31-36-16-14-34(15-17-36)12-9-7-6-8-10-26-56-46(64)38-22-23-40(42(28-38)68-5)60-50-58-30-39(53)45(55-4)62-50/h13,18-23,28,30,32,34,36,44H,6-12,14-17,24-27,29,31H2,1-5H3,(H,56,64)(H,57,65)(H,61,67)(H2,55,58,60,62)/t34?,36?,44-/m1/s1. The molecule has 3 heterocycles. The molecule has 2 fully saturated rings. The maximum absolute atomic E-state index is 15.1. The lowest BCUT2D eigenvalue weighted by atomic mass is 9.80. The molecule has 1 atom stereocenters. The summed E-state index contributed by atoms with van der Waals surface area (Å²) in [6.45, 7) is 7.08.